The van der Waals surface area contributed by atoms with Crippen LogP contribution >= 0.6 is 0 Å². The second kappa shape index (κ2) is 7.17. The second-order valence-corrected chi connectivity index (χ2v) is 6.28. The number of benzene rings is 2. The molecular formula is C21H19N3O3. The summed E-state index contributed by atoms with van der Waals surface area (Å²) in [5.41, 5.74) is 4.77. The number of nitrogens with zero attached hydrogens (tertiary/aromatic N) is 3. The van der Waals surface area contributed by atoms with E-state index < -0.39 is 0 Å². The van der Waals surface area contributed by atoms with E-state index in [1.165, 1.54) is 0 Å². The highest BCUT2D eigenvalue weighted by Gasteiger charge is 2.11. The lowest BCUT2D eigenvalue weighted by molar-refractivity contribution is 0.297. The number of aliphatic hydroxyl groups excluding tert-OH is 1. The SMILES string of the molecule is Cc1nnc(-c2ccc(-c3ccc(-c4nc(CCO)c(C)o4)cc3)cc2)o1. The molecule has 4 aromatic rings. The zero-order chi connectivity index (χ0) is 18.8. The molecule has 6 heteroatoms. The molecule has 0 aliphatic rings. The standard InChI is InChI=1S/C21H19N3O3/c1-13-19(11-12-25)22-20(26-13)17-7-3-15(4-8-17)16-5-9-18(10-6-16)21-24-23-14(2)27-21/h3-10,25H,11-12H2,1-2H3. The van der Waals surface area contributed by atoms with Crippen LogP contribution in [0.4, 0.5) is 0 Å². The van der Waals surface area contributed by atoms with Crippen LogP contribution in [0.1, 0.15) is 17.3 Å². The van der Waals surface area contributed by atoms with E-state index in [0.29, 0.717) is 24.1 Å². The lowest BCUT2D eigenvalue weighted by Crippen LogP contribution is -1.92. The molecule has 2 aromatic carbocycles. The molecule has 0 unspecified atom stereocenters. The van der Waals surface area contributed by atoms with E-state index in [1.54, 1.807) is 6.92 Å². The zero-order valence-electron chi connectivity index (χ0n) is 15.1. The summed E-state index contributed by atoms with van der Waals surface area (Å²) in [7, 11) is 0. The van der Waals surface area contributed by atoms with Gasteiger partial charge in [-0.3, -0.25) is 0 Å². The molecule has 0 radical (unpaired) electrons. The van der Waals surface area contributed by atoms with Gasteiger partial charge in [0.15, 0.2) is 0 Å². The van der Waals surface area contributed by atoms with Crippen LogP contribution in [0.15, 0.2) is 57.4 Å². The van der Waals surface area contributed by atoms with Crippen molar-refractivity contribution in [2.24, 2.45) is 0 Å². The van der Waals surface area contributed by atoms with Crippen LogP contribution < -0.4 is 0 Å². The van der Waals surface area contributed by atoms with E-state index in [-0.39, 0.29) is 6.61 Å². The van der Waals surface area contributed by atoms with E-state index in [0.717, 1.165) is 33.7 Å². The van der Waals surface area contributed by atoms with Gasteiger partial charge in [0.1, 0.15) is 5.76 Å². The molecule has 0 saturated carbocycles. The molecule has 0 amide bonds. The monoisotopic (exact) mass is 361 g/mol. The molecule has 1 N–H and O–H groups in total. The quantitative estimate of drug-likeness (QED) is 0.573. The first-order chi connectivity index (χ1) is 13.1. The minimum Gasteiger partial charge on any atom is -0.441 e. The Morgan fingerprint density at radius 3 is 1.81 bits per heavy atom. The van der Waals surface area contributed by atoms with Gasteiger partial charge in [0.2, 0.25) is 17.7 Å². The maximum Gasteiger partial charge on any atom is 0.247 e. The van der Waals surface area contributed by atoms with Crippen molar-refractivity contribution >= 4 is 0 Å². The highest BCUT2D eigenvalue weighted by atomic mass is 16.4. The average Bonchev–Trinajstić information content (AvgIpc) is 3.29. The van der Waals surface area contributed by atoms with Crippen molar-refractivity contribution < 1.29 is 13.9 Å². The van der Waals surface area contributed by atoms with Crippen LogP contribution in [0.25, 0.3) is 34.0 Å². The summed E-state index contributed by atoms with van der Waals surface area (Å²) < 4.78 is 11.2. The van der Waals surface area contributed by atoms with Crippen LogP contribution in [-0.2, 0) is 6.42 Å². The first-order valence-electron chi connectivity index (χ1n) is 8.72. The number of aliphatic hydroxyl groups is 1. The van der Waals surface area contributed by atoms with Gasteiger partial charge in [0, 0.05) is 31.1 Å². The van der Waals surface area contributed by atoms with E-state index in [2.05, 4.69) is 15.2 Å². The molecule has 0 atom stereocenters. The highest BCUT2D eigenvalue weighted by Crippen LogP contribution is 2.27. The van der Waals surface area contributed by atoms with Crippen molar-refractivity contribution in [3.63, 3.8) is 0 Å². The number of aromatic nitrogens is 3. The summed E-state index contributed by atoms with van der Waals surface area (Å²) in [5.74, 6) is 2.39. The summed E-state index contributed by atoms with van der Waals surface area (Å²) >= 11 is 0. The largest absolute Gasteiger partial charge is 0.441 e. The van der Waals surface area contributed by atoms with Gasteiger partial charge in [-0.2, -0.15) is 0 Å². The average molecular weight is 361 g/mol. The molecule has 0 aliphatic heterocycles. The first kappa shape index (κ1) is 17.2. The van der Waals surface area contributed by atoms with Crippen LogP contribution in [0.2, 0.25) is 0 Å². The van der Waals surface area contributed by atoms with Crippen molar-refractivity contribution in [1.82, 2.24) is 15.2 Å². The Labute approximate surface area is 156 Å². The Morgan fingerprint density at radius 1 is 0.741 bits per heavy atom. The molecule has 0 bridgehead atoms. The third-order valence-electron chi connectivity index (χ3n) is 4.36. The predicted octanol–water partition coefficient (Wildman–Crippen LogP) is 4.21. The summed E-state index contributed by atoms with van der Waals surface area (Å²) in [6.07, 6.45) is 0.499. The van der Waals surface area contributed by atoms with E-state index in [1.807, 2.05) is 55.5 Å². The van der Waals surface area contributed by atoms with Crippen LogP contribution in [0, 0.1) is 13.8 Å². The van der Waals surface area contributed by atoms with Gasteiger partial charge in [-0.1, -0.05) is 24.3 Å². The fraction of sp³-hybridized carbons (Fsp3) is 0.190. The number of hydrogen-bond donors (Lipinski definition) is 1. The van der Waals surface area contributed by atoms with Gasteiger partial charge < -0.3 is 13.9 Å². The summed E-state index contributed by atoms with van der Waals surface area (Å²) in [5, 5.41) is 17.0. The molecular weight excluding hydrogens is 342 g/mol. The summed E-state index contributed by atoms with van der Waals surface area (Å²) in [4.78, 5) is 4.47. The van der Waals surface area contributed by atoms with Gasteiger partial charge in [-0.15, -0.1) is 10.2 Å². The molecule has 0 aliphatic carbocycles. The first-order valence-corrected chi connectivity index (χ1v) is 8.72. The Hall–Kier alpha value is -3.25. The number of oxazole rings is 1. The van der Waals surface area contributed by atoms with Gasteiger partial charge >= 0.3 is 0 Å². The van der Waals surface area contributed by atoms with Crippen LogP contribution in [0.5, 0.6) is 0 Å². The highest BCUT2D eigenvalue weighted by molar-refractivity contribution is 5.69. The molecule has 136 valence electrons. The minimum absolute atomic E-state index is 0.0604. The molecule has 4 rings (SSSR count). The van der Waals surface area contributed by atoms with Gasteiger partial charge in [-0.05, 0) is 42.3 Å². The molecule has 27 heavy (non-hydrogen) atoms. The predicted molar refractivity (Wildman–Crippen MR) is 101 cm³/mol. The Morgan fingerprint density at radius 2 is 1.30 bits per heavy atom. The smallest absolute Gasteiger partial charge is 0.247 e. The Kier molecular flexibility index (Phi) is 4.56. The second-order valence-electron chi connectivity index (χ2n) is 6.28. The van der Waals surface area contributed by atoms with Crippen molar-refractivity contribution in [2.45, 2.75) is 20.3 Å². The van der Waals surface area contributed by atoms with E-state index in [9.17, 15) is 0 Å². The van der Waals surface area contributed by atoms with Crippen molar-refractivity contribution in [1.29, 1.82) is 0 Å². The number of rotatable bonds is 5. The Bertz CT molecular complexity index is 1050. The third kappa shape index (κ3) is 3.52. The lowest BCUT2D eigenvalue weighted by atomic mass is 10.0. The maximum absolute atomic E-state index is 9.08. The van der Waals surface area contributed by atoms with Gasteiger partial charge in [-0.25, -0.2) is 4.98 Å². The van der Waals surface area contributed by atoms with E-state index >= 15 is 0 Å². The third-order valence-corrected chi connectivity index (χ3v) is 4.36. The zero-order valence-corrected chi connectivity index (χ0v) is 15.1. The maximum atomic E-state index is 9.08. The molecule has 0 spiro atoms. The van der Waals surface area contributed by atoms with Crippen molar-refractivity contribution in [3.8, 4) is 34.0 Å². The fourth-order valence-electron chi connectivity index (χ4n) is 2.91. The van der Waals surface area contributed by atoms with Crippen molar-refractivity contribution in [3.05, 3.63) is 65.9 Å². The Balaban J connectivity index is 1.56. The number of hydrogen-bond acceptors (Lipinski definition) is 6. The topological polar surface area (TPSA) is 85.2 Å². The van der Waals surface area contributed by atoms with E-state index in [4.69, 9.17) is 13.9 Å². The molecule has 2 aromatic heterocycles. The minimum atomic E-state index is 0.0604. The fourth-order valence-corrected chi connectivity index (χ4v) is 2.91. The molecule has 0 saturated heterocycles. The summed E-state index contributed by atoms with van der Waals surface area (Å²) in [6.45, 7) is 3.70. The van der Waals surface area contributed by atoms with Crippen LogP contribution in [-0.4, -0.2) is 26.9 Å². The lowest BCUT2D eigenvalue weighted by Gasteiger charge is -2.04. The molecule has 2 heterocycles. The normalized spacial score (nSPS) is 11.1. The molecule has 6 nitrogen and oxygen atoms in total. The molecule has 0 fully saturated rings. The summed E-state index contributed by atoms with van der Waals surface area (Å²) in [6, 6.07) is 16.0. The van der Waals surface area contributed by atoms with Crippen LogP contribution in [0.3, 0.4) is 0 Å². The number of aryl methyl sites for hydroxylation is 2. The van der Waals surface area contributed by atoms with Gasteiger partial charge in [0.05, 0.1) is 5.69 Å². The van der Waals surface area contributed by atoms with Gasteiger partial charge in [0.25, 0.3) is 0 Å². The van der Waals surface area contributed by atoms with Crippen molar-refractivity contribution in [2.75, 3.05) is 6.61 Å².